The maximum Gasteiger partial charge on any atom is 0.135 e. The molecule has 2 saturated carbocycles. The minimum Gasteiger partial charge on any atom is -0.299 e. The molecule has 2 aliphatic carbocycles. The van der Waals surface area contributed by atoms with Crippen molar-refractivity contribution >= 4 is 5.78 Å². The molecule has 0 unspecified atom stereocenters. The molecule has 0 heterocycles. The van der Waals surface area contributed by atoms with Gasteiger partial charge >= 0.3 is 0 Å². The summed E-state index contributed by atoms with van der Waals surface area (Å²) in [6.07, 6.45) is 10.1. The first-order chi connectivity index (χ1) is 6.26. The molecular formula is C12H20O. The minimum atomic E-state index is 0.427. The van der Waals surface area contributed by atoms with Crippen molar-refractivity contribution < 1.29 is 4.79 Å². The highest BCUT2D eigenvalue weighted by molar-refractivity contribution is 5.80. The van der Waals surface area contributed by atoms with Crippen molar-refractivity contribution in [1.29, 1.82) is 0 Å². The highest BCUT2D eigenvalue weighted by atomic mass is 16.1. The van der Waals surface area contributed by atoms with Crippen LogP contribution in [0.3, 0.4) is 0 Å². The van der Waals surface area contributed by atoms with Gasteiger partial charge in [0, 0.05) is 12.3 Å². The lowest BCUT2D eigenvalue weighted by molar-refractivity contribution is -0.124. The van der Waals surface area contributed by atoms with Gasteiger partial charge in [0.1, 0.15) is 5.78 Å². The van der Waals surface area contributed by atoms with Crippen LogP contribution >= 0.6 is 0 Å². The molecule has 2 rings (SSSR count). The lowest BCUT2D eigenvalue weighted by Crippen LogP contribution is -2.35. The van der Waals surface area contributed by atoms with Crippen LogP contribution in [0.4, 0.5) is 0 Å². The fourth-order valence-electron chi connectivity index (χ4n) is 3.02. The molecule has 0 radical (unpaired) electrons. The van der Waals surface area contributed by atoms with Crippen LogP contribution in [-0.4, -0.2) is 5.78 Å². The second-order valence-electron chi connectivity index (χ2n) is 4.95. The summed E-state index contributed by atoms with van der Waals surface area (Å²) in [6.45, 7) is 2.00. The molecule has 2 aliphatic rings. The molecule has 0 aromatic rings. The van der Waals surface area contributed by atoms with Gasteiger partial charge in [-0.3, -0.25) is 4.79 Å². The number of carbonyl (C=O) groups is 1. The van der Waals surface area contributed by atoms with Gasteiger partial charge in [0.2, 0.25) is 0 Å². The first kappa shape index (κ1) is 9.23. The second kappa shape index (κ2) is 3.43. The van der Waals surface area contributed by atoms with Gasteiger partial charge in [0.25, 0.3) is 0 Å². The van der Waals surface area contributed by atoms with Gasteiger partial charge in [-0.15, -0.1) is 0 Å². The van der Waals surface area contributed by atoms with Crippen molar-refractivity contribution in [2.24, 2.45) is 11.3 Å². The summed E-state index contributed by atoms with van der Waals surface area (Å²) in [5.41, 5.74) is 0.713. The van der Waals surface area contributed by atoms with E-state index >= 15 is 0 Å². The van der Waals surface area contributed by atoms with E-state index in [2.05, 4.69) is 0 Å². The zero-order valence-electron chi connectivity index (χ0n) is 8.64. The third-order valence-electron chi connectivity index (χ3n) is 4.26. The zero-order valence-corrected chi connectivity index (χ0v) is 8.64. The van der Waals surface area contributed by atoms with Crippen LogP contribution in [0, 0.1) is 11.3 Å². The van der Waals surface area contributed by atoms with Crippen LogP contribution in [0.15, 0.2) is 0 Å². The molecule has 0 aromatic heterocycles. The largest absolute Gasteiger partial charge is 0.299 e. The molecule has 0 aromatic carbocycles. The molecule has 0 aliphatic heterocycles. The zero-order chi connectivity index (χ0) is 9.31. The normalized spacial score (nSPS) is 27.2. The van der Waals surface area contributed by atoms with Crippen molar-refractivity contribution in [3.63, 3.8) is 0 Å². The number of hydrogen-bond acceptors (Lipinski definition) is 1. The van der Waals surface area contributed by atoms with Gasteiger partial charge < -0.3 is 0 Å². The summed E-state index contributed by atoms with van der Waals surface area (Å²) in [7, 11) is 0. The van der Waals surface area contributed by atoms with E-state index in [1.807, 2.05) is 6.92 Å². The Morgan fingerprint density at radius 2 is 1.85 bits per heavy atom. The fourth-order valence-corrected chi connectivity index (χ4v) is 3.02. The molecular weight excluding hydrogens is 160 g/mol. The Labute approximate surface area is 80.9 Å². The van der Waals surface area contributed by atoms with E-state index in [1.165, 1.54) is 44.9 Å². The Bertz CT molecular complexity index is 193. The average Bonchev–Trinajstić information content (AvgIpc) is 2.14. The van der Waals surface area contributed by atoms with Crippen LogP contribution in [0.1, 0.15) is 58.3 Å². The van der Waals surface area contributed by atoms with E-state index < -0.39 is 0 Å². The number of ketones is 1. The van der Waals surface area contributed by atoms with E-state index in [9.17, 15) is 4.79 Å². The van der Waals surface area contributed by atoms with Gasteiger partial charge in [0.05, 0.1) is 0 Å². The Hall–Kier alpha value is -0.330. The second-order valence-corrected chi connectivity index (χ2v) is 4.95. The maximum absolute atomic E-state index is 11.5. The minimum absolute atomic E-state index is 0.427. The molecule has 1 nitrogen and oxygen atoms in total. The van der Waals surface area contributed by atoms with Crippen LogP contribution in [0.2, 0.25) is 0 Å². The van der Waals surface area contributed by atoms with Crippen molar-refractivity contribution in [1.82, 2.24) is 0 Å². The van der Waals surface area contributed by atoms with E-state index in [0.717, 1.165) is 6.42 Å². The van der Waals surface area contributed by atoms with Gasteiger partial charge in [0.15, 0.2) is 0 Å². The monoisotopic (exact) mass is 180 g/mol. The Kier molecular flexibility index (Phi) is 2.44. The molecule has 1 heteroatoms. The average molecular weight is 180 g/mol. The van der Waals surface area contributed by atoms with Crippen LogP contribution in [-0.2, 0) is 4.79 Å². The molecule has 0 N–H and O–H groups in total. The summed E-state index contributed by atoms with van der Waals surface area (Å²) < 4.78 is 0. The highest BCUT2D eigenvalue weighted by Gasteiger charge is 2.40. The van der Waals surface area contributed by atoms with E-state index in [0.29, 0.717) is 17.1 Å². The van der Waals surface area contributed by atoms with Gasteiger partial charge in [-0.2, -0.15) is 0 Å². The molecule has 2 fully saturated rings. The van der Waals surface area contributed by atoms with Gasteiger partial charge in [-0.05, 0) is 43.9 Å². The lowest BCUT2D eigenvalue weighted by Gasteiger charge is -2.46. The van der Waals surface area contributed by atoms with E-state index in [1.54, 1.807) is 0 Å². The van der Waals surface area contributed by atoms with E-state index in [4.69, 9.17) is 0 Å². The number of rotatable bonds is 2. The molecule has 0 amide bonds. The first-order valence-corrected chi connectivity index (χ1v) is 5.78. The van der Waals surface area contributed by atoms with Crippen molar-refractivity contribution in [2.75, 3.05) is 0 Å². The molecule has 0 bridgehead atoms. The summed E-state index contributed by atoms with van der Waals surface area (Å²) >= 11 is 0. The number of carbonyl (C=O) groups excluding carboxylic acids is 1. The maximum atomic E-state index is 11.5. The molecule has 1 spiro atoms. The summed E-state index contributed by atoms with van der Waals surface area (Å²) in [5.74, 6) is 0.936. The Balaban J connectivity index is 1.85. The quantitative estimate of drug-likeness (QED) is 0.637. The van der Waals surface area contributed by atoms with Crippen molar-refractivity contribution in [2.45, 2.75) is 58.3 Å². The summed E-state index contributed by atoms with van der Waals surface area (Å²) in [6, 6.07) is 0. The third kappa shape index (κ3) is 1.66. The lowest BCUT2D eigenvalue weighted by atomic mass is 9.59. The molecule has 13 heavy (non-hydrogen) atoms. The Morgan fingerprint density at radius 3 is 2.23 bits per heavy atom. The topological polar surface area (TPSA) is 17.1 Å². The Morgan fingerprint density at radius 1 is 1.23 bits per heavy atom. The number of hydrogen-bond donors (Lipinski definition) is 0. The third-order valence-corrected chi connectivity index (χ3v) is 4.26. The summed E-state index contributed by atoms with van der Waals surface area (Å²) in [5, 5.41) is 0. The van der Waals surface area contributed by atoms with Crippen LogP contribution < -0.4 is 0 Å². The predicted molar refractivity (Wildman–Crippen MR) is 53.5 cm³/mol. The number of Topliss-reactive ketones (excluding diaryl/α,β-unsaturated/α-hetero) is 1. The highest BCUT2D eigenvalue weighted by Crippen LogP contribution is 2.52. The van der Waals surface area contributed by atoms with Crippen molar-refractivity contribution in [3.05, 3.63) is 0 Å². The fraction of sp³-hybridized carbons (Fsp3) is 0.917. The summed E-state index contributed by atoms with van der Waals surface area (Å²) in [4.78, 5) is 11.5. The van der Waals surface area contributed by atoms with Crippen molar-refractivity contribution in [3.8, 4) is 0 Å². The first-order valence-electron chi connectivity index (χ1n) is 5.78. The van der Waals surface area contributed by atoms with Gasteiger partial charge in [-0.1, -0.05) is 13.3 Å². The van der Waals surface area contributed by atoms with Crippen LogP contribution in [0.25, 0.3) is 0 Å². The van der Waals surface area contributed by atoms with Crippen LogP contribution in [0.5, 0.6) is 0 Å². The van der Waals surface area contributed by atoms with Gasteiger partial charge in [-0.25, -0.2) is 0 Å². The standard InChI is InChI=1S/C12H20O/c1-2-11(13)10-4-8-12(9-5-10)6-3-7-12/h10H,2-9H2,1H3. The smallest absolute Gasteiger partial charge is 0.135 e. The molecule has 0 atom stereocenters. The van der Waals surface area contributed by atoms with E-state index in [-0.39, 0.29) is 0 Å². The predicted octanol–water partition coefficient (Wildman–Crippen LogP) is 3.33. The molecule has 74 valence electrons. The SMILES string of the molecule is CCC(=O)C1CCC2(CCC2)CC1. The molecule has 0 saturated heterocycles.